The SMILES string of the molecule is COC(=O)CCNc1ccc(C(N)=S)c(C)c1. The predicted octanol–water partition coefficient (Wildman–Crippen LogP) is 1.60. The molecule has 4 nitrogen and oxygen atoms in total. The summed E-state index contributed by atoms with van der Waals surface area (Å²) in [5.74, 6) is -0.228. The van der Waals surface area contributed by atoms with Crippen LogP contribution in [0, 0.1) is 6.92 Å². The summed E-state index contributed by atoms with van der Waals surface area (Å²) in [6.07, 6.45) is 0.340. The average molecular weight is 252 g/mol. The molecule has 1 aromatic carbocycles. The number of esters is 1. The molecular formula is C12H16N2O2S. The summed E-state index contributed by atoms with van der Waals surface area (Å²) in [4.78, 5) is 11.3. The number of carbonyl (C=O) groups is 1. The van der Waals surface area contributed by atoms with Gasteiger partial charge in [-0.3, -0.25) is 4.79 Å². The molecule has 17 heavy (non-hydrogen) atoms. The molecule has 1 rings (SSSR count). The maximum Gasteiger partial charge on any atom is 0.307 e. The Morgan fingerprint density at radius 3 is 2.76 bits per heavy atom. The van der Waals surface area contributed by atoms with E-state index in [4.69, 9.17) is 18.0 Å². The number of hydrogen-bond donors (Lipinski definition) is 2. The van der Waals surface area contributed by atoms with Crippen LogP contribution in [0.5, 0.6) is 0 Å². The predicted molar refractivity (Wildman–Crippen MR) is 72.2 cm³/mol. The molecule has 0 unspecified atom stereocenters. The summed E-state index contributed by atoms with van der Waals surface area (Å²) >= 11 is 4.93. The van der Waals surface area contributed by atoms with E-state index in [2.05, 4.69) is 10.1 Å². The number of anilines is 1. The molecule has 0 saturated carbocycles. The Labute approximate surface area is 106 Å². The molecule has 0 saturated heterocycles. The lowest BCUT2D eigenvalue weighted by atomic mass is 10.1. The molecule has 5 heteroatoms. The molecule has 0 spiro atoms. The molecule has 3 N–H and O–H groups in total. The first kappa shape index (κ1) is 13.4. The number of benzene rings is 1. The summed E-state index contributed by atoms with van der Waals surface area (Å²) < 4.78 is 4.55. The first-order chi connectivity index (χ1) is 8.04. The van der Waals surface area contributed by atoms with Crippen LogP contribution in [0.25, 0.3) is 0 Å². The van der Waals surface area contributed by atoms with Crippen molar-refractivity contribution in [2.45, 2.75) is 13.3 Å². The van der Waals surface area contributed by atoms with E-state index in [1.165, 1.54) is 7.11 Å². The zero-order chi connectivity index (χ0) is 12.8. The molecule has 0 aliphatic carbocycles. The van der Waals surface area contributed by atoms with Crippen LogP contribution < -0.4 is 11.1 Å². The van der Waals surface area contributed by atoms with Crippen LogP contribution in [-0.4, -0.2) is 24.6 Å². The van der Waals surface area contributed by atoms with Crippen molar-refractivity contribution in [3.8, 4) is 0 Å². The number of ether oxygens (including phenoxy) is 1. The molecule has 0 aliphatic rings. The normalized spacial score (nSPS) is 9.76. The van der Waals surface area contributed by atoms with E-state index in [0.717, 1.165) is 16.8 Å². The van der Waals surface area contributed by atoms with Gasteiger partial charge in [0, 0.05) is 17.8 Å². The van der Waals surface area contributed by atoms with Crippen molar-refractivity contribution in [1.29, 1.82) is 0 Å². The van der Waals surface area contributed by atoms with Crippen LogP contribution >= 0.6 is 12.2 Å². The van der Waals surface area contributed by atoms with Gasteiger partial charge in [0.1, 0.15) is 4.99 Å². The van der Waals surface area contributed by atoms with E-state index in [1.54, 1.807) is 0 Å². The van der Waals surface area contributed by atoms with Crippen LogP contribution in [0.1, 0.15) is 17.5 Å². The number of nitrogens with two attached hydrogens (primary N) is 1. The van der Waals surface area contributed by atoms with Gasteiger partial charge in [0.15, 0.2) is 0 Å². The fourth-order valence-corrected chi connectivity index (χ4v) is 1.69. The lowest BCUT2D eigenvalue weighted by Gasteiger charge is -2.09. The Morgan fingerprint density at radius 1 is 1.53 bits per heavy atom. The minimum Gasteiger partial charge on any atom is -0.469 e. The molecule has 92 valence electrons. The highest BCUT2D eigenvalue weighted by Crippen LogP contribution is 2.15. The first-order valence-corrected chi connectivity index (χ1v) is 5.66. The van der Waals surface area contributed by atoms with E-state index in [-0.39, 0.29) is 5.97 Å². The van der Waals surface area contributed by atoms with Crippen molar-refractivity contribution < 1.29 is 9.53 Å². The third-order valence-electron chi connectivity index (χ3n) is 2.38. The lowest BCUT2D eigenvalue weighted by molar-refractivity contribution is -0.140. The van der Waals surface area contributed by atoms with E-state index in [1.807, 2.05) is 25.1 Å². The molecule has 1 aromatic rings. The van der Waals surface area contributed by atoms with Crippen LogP contribution in [-0.2, 0) is 9.53 Å². The van der Waals surface area contributed by atoms with Crippen molar-refractivity contribution in [3.05, 3.63) is 29.3 Å². The Morgan fingerprint density at radius 2 is 2.24 bits per heavy atom. The first-order valence-electron chi connectivity index (χ1n) is 5.25. The van der Waals surface area contributed by atoms with Gasteiger partial charge in [-0.25, -0.2) is 0 Å². The van der Waals surface area contributed by atoms with E-state index < -0.39 is 0 Å². The topological polar surface area (TPSA) is 64.3 Å². The van der Waals surface area contributed by atoms with Crippen LogP contribution in [0.4, 0.5) is 5.69 Å². The minimum atomic E-state index is -0.228. The number of hydrogen-bond acceptors (Lipinski definition) is 4. The summed E-state index contributed by atoms with van der Waals surface area (Å²) in [6.45, 7) is 2.48. The molecule has 0 aromatic heterocycles. The van der Waals surface area contributed by atoms with E-state index >= 15 is 0 Å². The zero-order valence-corrected chi connectivity index (χ0v) is 10.8. The zero-order valence-electron chi connectivity index (χ0n) is 9.95. The second-order valence-electron chi connectivity index (χ2n) is 3.65. The number of thiocarbonyl (C=S) groups is 1. The van der Waals surface area contributed by atoms with Gasteiger partial charge in [0.2, 0.25) is 0 Å². The van der Waals surface area contributed by atoms with Gasteiger partial charge in [0.05, 0.1) is 13.5 Å². The van der Waals surface area contributed by atoms with Gasteiger partial charge in [-0.1, -0.05) is 12.2 Å². The molecule has 0 aliphatic heterocycles. The van der Waals surface area contributed by atoms with Gasteiger partial charge in [0.25, 0.3) is 0 Å². The van der Waals surface area contributed by atoms with Crippen molar-refractivity contribution >= 4 is 28.9 Å². The highest BCUT2D eigenvalue weighted by molar-refractivity contribution is 7.80. The molecule has 0 amide bonds. The molecule has 0 atom stereocenters. The standard InChI is InChI=1S/C12H16N2O2S/c1-8-7-9(3-4-10(8)12(13)17)14-6-5-11(15)16-2/h3-4,7,14H,5-6H2,1-2H3,(H2,13,17). The van der Waals surface area contributed by atoms with Crippen molar-refractivity contribution in [2.75, 3.05) is 19.0 Å². The van der Waals surface area contributed by atoms with Crippen LogP contribution in [0.3, 0.4) is 0 Å². The minimum absolute atomic E-state index is 0.228. The second kappa shape index (κ2) is 6.20. The fraction of sp³-hybridized carbons (Fsp3) is 0.333. The summed E-state index contributed by atoms with van der Waals surface area (Å²) in [5.41, 5.74) is 8.40. The average Bonchev–Trinajstić information content (AvgIpc) is 2.28. The van der Waals surface area contributed by atoms with Crippen molar-refractivity contribution in [1.82, 2.24) is 0 Å². The molecule has 0 heterocycles. The molecule has 0 radical (unpaired) electrons. The van der Waals surface area contributed by atoms with Gasteiger partial charge in [-0.15, -0.1) is 0 Å². The Hall–Kier alpha value is -1.62. The number of carbonyl (C=O) groups excluding carboxylic acids is 1. The molecule has 0 fully saturated rings. The number of nitrogens with one attached hydrogen (secondary N) is 1. The third kappa shape index (κ3) is 4.03. The maximum atomic E-state index is 10.9. The summed E-state index contributed by atoms with van der Waals surface area (Å²) in [6, 6.07) is 5.71. The lowest BCUT2D eigenvalue weighted by Crippen LogP contribution is -2.12. The van der Waals surface area contributed by atoms with Gasteiger partial charge < -0.3 is 15.8 Å². The monoisotopic (exact) mass is 252 g/mol. The smallest absolute Gasteiger partial charge is 0.307 e. The van der Waals surface area contributed by atoms with Gasteiger partial charge in [-0.2, -0.15) is 0 Å². The Kier molecular flexibility index (Phi) is 4.90. The highest BCUT2D eigenvalue weighted by atomic mass is 32.1. The Bertz CT molecular complexity index is 433. The van der Waals surface area contributed by atoms with Crippen molar-refractivity contribution in [3.63, 3.8) is 0 Å². The highest BCUT2D eigenvalue weighted by Gasteiger charge is 2.03. The summed E-state index contributed by atoms with van der Waals surface area (Å²) in [7, 11) is 1.38. The number of aryl methyl sites for hydroxylation is 1. The second-order valence-corrected chi connectivity index (χ2v) is 4.09. The van der Waals surface area contributed by atoms with E-state index in [9.17, 15) is 4.79 Å². The number of methoxy groups -OCH3 is 1. The summed E-state index contributed by atoms with van der Waals surface area (Å²) in [5, 5.41) is 3.13. The van der Waals surface area contributed by atoms with Crippen molar-refractivity contribution in [2.24, 2.45) is 5.73 Å². The van der Waals surface area contributed by atoms with Crippen LogP contribution in [0.15, 0.2) is 18.2 Å². The molecular weight excluding hydrogens is 236 g/mol. The van der Waals surface area contributed by atoms with Gasteiger partial charge >= 0.3 is 5.97 Å². The Balaban J connectivity index is 2.59. The fourth-order valence-electron chi connectivity index (χ4n) is 1.46. The largest absolute Gasteiger partial charge is 0.469 e. The van der Waals surface area contributed by atoms with Crippen LogP contribution in [0.2, 0.25) is 0 Å². The van der Waals surface area contributed by atoms with E-state index in [0.29, 0.717) is 18.0 Å². The third-order valence-corrected chi connectivity index (χ3v) is 2.60. The number of rotatable bonds is 5. The van der Waals surface area contributed by atoms with Gasteiger partial charge in [-0.05, 0) is 30.7 Å². The molecule has 0 bridgehead atoms. The quantitative estimate of drug-likeness (QED) is 0.615. The maximum absolute atomic E-state index is 10.9.